The molecule has 0 N–H and O–H groups in total. The topological polar surface area (TPSA) is 33.5 Å². The van der Waals surface area contributed by atoms with Crippen molar-refractivity contribution in [2.75, 3.05) is 19.6 Å². The summed E-state index contributed by atoms with van der Waals surface area (Å²) in [6.07, 6.45) is 3.87. The van der Waals surface area contributed by atoms with Crippen molar-refractivity contribution in [1.82, 2.24) is 4.90 Å². The summed E-state index contributed by atoms with van der Waals surface area (Å²) in [5.74, 6) is 6.42. The zero-order valence-electron chi connectivity index (χ0n) is 13.5. The van der Waals surface area contributed by atoms with Crippen molar-refractivity contribution in [3.8, 4) is 11.8 Å². The molecular weight excluding hydrogens is 298 g/mol. The number of para-hydroxylation sites is 1. The Morgan fingerprint density at radius 1 is 0.958 bits per heavy atom. The predicted molar refractivity (Wildman–Crippen MR) is 97.2 cm³/mol. The van der Waals surface area contributed by atoms with Gasteiger partial charge >= 0.3 is 5.63 Å². The van der Waals surface area contributed by atoms with Gasteiger partial charge in [0.1, 0.15) is 5.58 Å². The SMILES string of the molecule is O=c1oc2ccccc2c2ccc(C#CCN3CCCCC3)cc12. The fraction of sp³-hybridized carbons (Fsp3) is 0.286. The third-order valence-electron chi connectivity index (χ3n) is 4.60. The van der Waals surface area contributed by atoms with Crippen LogP contribution in [0.1, 0.15) is 24.8 Å². The van der Waals surface area contributed by atoms with Gasteiger partial charge in [0.25, 0.3) is 0 Å². The Balaban J connectivity index is 1.67. The van der Waals surface area contributed by atoms with E-state index in [1.807, 2.05) is 42.5 Å². The van der Waals surface area contributed by atoms with Crippen molar-refractivity contribution >= 4 is 21.7 Å². The zero-order chi connectivity index (χ0) is 16.4. The molecule has 1 saturated heterocycles. The Hall–Kier alpha value is -2.57. The van der Waals surface area contributed by atoms with Gasteiger partial charge in [0, 0.05) is 16.3 Å². The van der Waals surface area contributed by atoms with E-state index in [1.54, 1.807) is 0 Å². The molecule has 2 aromatic carbocycles. The Kier molecular flexibility index (Phi) is 4.06. The second-order valence-corrected chi connectivity index (χ2v) is 6.28. The number of rotatable bonds is 1. The first kappa shape index (κ1) is 15.0. The summed E-state index contributed by atoms with van der Waals surface area (Å²) in [7, 11) is 0. The Bertz CT molecular complexity index is 1000. The molecule has 1 aliphatic heterocycles. The lowest BCUT2D eigenvalue weighted by molar-refractivity contribution is 0.255. The van der Waals surface area contributed by atoms with E-state index < -0.39 is 0 Å². The molecule has 3 heteroatoms. The molecule has 0 atom stereocenters. The maximum atomic E-state index is 12.2. The van der Waals surface area contributed by atoms with Crippen LogP contribution in [0, 0.1) is 11.8 Å². The lowest BCUT2D eigenvalue weighted by Crippen LogP contribution is -2.29. The standard InChI is InChI=1S/C21H19NO2/c23-21-19-15-16(7-6-14-22-12-4-1-5-13-22)10-11-17(19)18-8-2-3-9-20(18)24-21/h2-3,8-11,15H,1,4-5,12-14H2. The van der Waals surface area contributed by atoms with E-state index >= 15 is 0 Å². The van der Waals surface area contributed by atoms with Crippen LogP contribution >= 0.6 is 0 Å². The van der Waals surface area contributed by atoms with Crippen LogP contribution in [0.15, 0.2) is 51.7 Å². The molecule has 1 aromatic heterocycles. The highest BCUT2D eigenvalue weighted by Gasteiger charge is 2.08. The fourth-order valence-electron chi connectivity index (χ4n) is 3.33. The van der Waals surface area contributed by atoms with Crippen molar-refractivity contribution in [2.45, 2.75) is 19.3 Å². The average molecular weight is 317 g/mol. The van der Waals surface area contributed by atoms with Crippen LogP contribution in [-0.4, -0.2) is 24.5 Å². The van der Waals surface area contributed by atoms with E-state index in [9.17, 15) is 4.79 Å². The molecule has 4 rings (SSSR count). The summed E-state index contributed by atoms with van der Waals surface area (Å²) in [6.45, 7) is 3.08. The molecule has 0 unspecified atom stereocenters. The van der Waals surface area contributed by atoms with Crippen molar-refractivity contribution in [2.24, 2.45) is 0 Å². The lowest BCUT2D eigenvalue weighted by atomic mass is 10.1. The van der Waals surface area contributed by atoms with Crippen LogP contribution in [0.2, 0.25) is 0 Å². The predicted octanol–water partition coefficient (Wildman–Crippen LogP) is 3.78. The van der Waals surface area contributed by atoms with Crippen LogP contribution in [0.3, 0.4) is 0 Å². The smallest absolute Gasteiger partial charge is 0.344 e. The molecule has 0 bridgehead atoms. The minimum Gasteiger partial charge on any atom is -0.422 e. The minimum atomic E-state index is -0.302. The maximum absolute atomic E-state index is 12.2. The van der Waals surface area contributed by atoms with Gasteiger partial charge in [-0.3, -0.25) is 4.90 Å². The quantitative estimate of drug-likeness (QED) is 0.389. The van der Waals surface area contributed by atoms with Gasteiger partial charge in [0.05, 0.1) is 11.9 Å². The third-order valence-corrected chi connectivity index (χ3v) is 4.60. The van der Waals surface area contributed by atoms with E-state index in [0.29, 0.717) is 11.0 Å². The second kappa shape index (κ2) is 6.51. The van der Waals surface area contributed by atoms with Crippen molar-refractivity contribution < 1.29 is 4.42 Å². The maximum Gasteiger partial charge on any atom is 0.344 e. The van der Waals surface area contributed by atoms with Crippen LogP contribution < -0.4 is 5.63 Å². The summed E-state index contributed by atoms with van der Waals surface area (Å²) >= 11 is 0. The van der Waals surface area contributed by atoms with Gasteiger partial charge < -0.3 is 4.42 Å². The van der Waals surface area contributed by atoms with Crippen LogP contribution in [0.4, 0.5) is 0 Å². The molecule has 3 nitrogen and oxygen atoms in total. The van der Waals surface area contributed by atoms with Gasteiger partial charge in [-0.2, -0.15) is 0 Å². The Labute approximate surface area is 140 Å². The summed E-state index contributed by atoms with van der Waals surface area (Å²) in [4.78, 5) is 14.6. The molecule has 0 saturated carbocycles. The minimum absolute atomic E-state index is 0.302. The number of piperidine rings is 1. The number of fused-ring (bicyclic) bond motifs is 3. The van der Waals surface area contributed by atoms with E-state index in [0.717, 1.165) is 36.0 Å². The number of benzene rings is 2. The van der Waals surface area contributed by atoms with Gasteiger partial charge in [-0.05, 0) is 44.1 Å². The average Bonchev–Trinajstić information content (AvgIpc) is 2.63. The fourth-order valence-corrected chi connectivity index (χ4v) is 3.33. The molecule has 24 heavy (non-hydrogen) atoms. The van der Waals surface area contributed by atoms with E-state index in [1.165, 1.54) is 19.3 Å². The molecule has 0 aliphatic carbocycles. The molecule has 3 aromatic rings. The molecular formula is C21H19NO2. The molecule has 2 heterocycles. The van der Waals surface area contributed by atoms with Crippen molar-refractivity contribution in [1.29, 1.82) is 0 Å². The number of nitrogens with zero attached hydrogens (tertiary/aromatic N) is 1. The molecule has 1 aliphatic rings. The second-order valence-electron chi connectivity index (χ2n) is 6.28. The summed E-state index contributed by atoms with van der Waals surface area (Å²) in [6, 6.07) is 13.4. The largest absolute Gasteiger partial charge is 0.422 e. The highest BCUT2D eigenvalue weighted by atomic mass is 16.4. The number of hydrogen-bond donors (Lipinski definition) is 0. The van der Waals surface area contributed by atoms with Gasteiger partial charge in [0.15, 0.2) is 0 Å². The number of likely N-dealkylation sites (tertiary alicyclic amines) is 1. The summed E-state index contributed by atoms with van der Waals surface area (Å²) in [5, 5.41) is 2.47. The molecule has 120 valence electrons. The Morgan fingerprint density at radius 2 is 1.79 bits per heavy atom. The van der Waals surface area contributed by atoms with Crippen molar-refractivity contribution in [3.05, 3.63) is 58.4 Å². The lowest BCUT2D eigenvalue weighted by Gasteiger charge is -2.23. The van der Waals surface area contributed by atoms with Gasteiger partial charge in [-0.25, -0.2) is 4.79 Å². The molecule has 0 spiro atoms. The summed E-state index contributed by atoms with van der Waals surface area (Å²) in [5.41, 5.74) is 1.18. The first-order valence-electron chi connectivity index (χ1n) is 8.48. The zero-order valence-corrected chi connectivity index (χ0v) is 13.5. The van der Waals surface area contributed by atoms with E-state index in [4.69, 9.17) is 4.42 Å². The first-order valence-corrected chi connectivity index (χ1v) is 8.48. The van der Waals surface area contributed by atoms with Gasteiger partial charge in [0.2, 0.25) is 0 Å². The molecule has 1 fully saturated rings. The van der Waals surface area contributed by atoms with Crippen molar-refractivity contribution in [3.63, 3.8) is 0 Å². The normalized spacial score (nSPS) is 15.3. The van der Waals surface area contributed by atoms with Gasteiger partial charge in [-0.1, -0.05) is 42.5 Å². The number of hydrogen-bond acceptors (Lipinski definition) is 3. The van der Waals surface area contributed by atoms with E-state index in [2.05, 4.69) is 16.7 Å². The highest BCUT2D eigenvalue weighted by Crippen LogP contribution is 2.23. The van der Waals surface area contributed by atoms with E-state index in [-0.39, 0.29) is 5.63 Å². The monoisotopic (exact) mass is 317 g/mol. The summed E-state index contributed by atoms with van der Waals surface area (Å²) < 4.78 is 5.42. The third kappa shape index (κ3) is 2.93. The first-order chi connectivity index (χ1) is 11.8. The van der Waals surface area contributed by atoms with Gasteiger partial charge in [-0.15, -0.1) is 0 Å². The molecule has 0 radical (unpaired) electrons. The Morgan fingerprint density at radius 3 is 2.67 bits per heavy atom. The van der Waals surface area contributed by atoms with Crippen LogP contribution in [0.25, 0.3) is 21.7 Å². The van der Waals surface area contributed by atoms with Crippen LogP contribution in [-0.2, 0) is 0 Å². The molecule has 0 amide bonds. The van der Waals surface area contributed by atoms with Crippen LogP contribution in [0.5, 0.6) is 0 Å². The highest BCUT2D eigenvalue weighted by molar-refractivity contribution is 6.04.